The summed E-state index contributed by atoms with van der Waals surface area (Å²) in [6.45, 7) is 2.43. The molecule has 0 spiro atoms. The molecule has 0 aromatic heterocycles. The van der Waals surface area contributed by atoms with Crippen molar-refractivity contribution >= 4 is 28.8 Å². The van der Waals surface area contributed by atoms with Crippen LogP contribution in [-0.2, 0) is 19.6 Å². The highest BCUT2D eigenvalue weighted by atomic mass is 32.2. The van der Waals surface area contributed by atoms with Crippen LogP contribution in [0.15, 0.2) is 34.3 Å². The quantitative estimate of drug-likeness (QED) is 0.302. The third-order valence-corrected chi connectivity index (χ3v) is 6.53. The van der Waals surface area contributed by atoms with Gasteiger partial charge in [0.1, 0.15) is 17.4 Å². The number of sulfonamides is 1. The zero-order valence-electron chi connectivity index (χ0n) is 15.1. The molecule has 1 aliphatic heterocycles. The third kappa shape index (κ3) is 5.03. The lowest BCUT2D eigenvalue weighted by Gasteiger charge is -2.41. The minimum Gasteiger partial charge on any atom is -0.465 e. The third-order valence-electron chi connectivity index (χ3n) is 4.69. The van der Waals surface area contributed by atoms with Crippen molar-refractivity contribution < 1.29 is 26.2 Å². The number of nitroso groups, excluding NO2 is 1. The van der Waals surface area contributed by atoms with Gasteiger partial charge in [0.15, 0.2) is 0 Å². The summed E-state index contributed by atoms with van der Waals surface area (Å²) in [4.78, 5) is 24.0. The summed E-state index contributed by atoms with van der Waals surface area (Å²) in [6, 6.07) is 2.64. The molecule has 1 N–H and O–H groups in total. The summed E-state index contributed by atoms with van der Waals surface area (Å²) in [6.07, 6.45) is 0.317. The van der Waals surface area contributed by atoms with E-state index >= 15 is 0 Å². The molecule has 0 aliphatic carbocycles. The Morgan fingerprint density at radius 2 is 1.93 bits per heavy atom. The number of carbonyl (C=O) groups is 1. The van der Waals surface area contributed by atoms with E-state index in [0.29, 0.717) is 17.0 Å². The van der Waals surface area contributed by atoms with Gasteiger partial charge in [0.05, 0.1) is 44.5 Å². The number of likely N-dealkylation sites (tertiary alicyclic amines) is 1. The van der Waals surface area contributed by atoms with Gasteiger partial charge in [-0.2, -0.15) is 9.63 Å². The van der Waals surface area contributed by atoms with Crippen LogP contribution in [0.2, 0.25) is 0 Å². The van der Waals surface area contributed by atoms with Crippen molar-refractivity contribution in [1.82, 2.24) is 4.72 Å². The van der Waals surface area contributed by atoms with Gasteiger partial charge in [-0.3, -0.25) is 8.68 Å². The summed E-state index contributed by atoms with van der Waals surface area (Å²) >= 11 is 4.45. The maximum absolute atomic E-state index is 13.1. The fraction of sp³-hybridized carbons (Fsp3) is 0.562. The summed E-state index contributed by atoms with van der Waals surface area (Å²) in [7, 11) is -2.36. The summed E-state index contributed by atoms with van der Waals surface area (Å²) in [5.41, 5.74) is -1.49. The number of benzene rings is 1. The van der Waals surface area contributed by atoms with E-state index in [0.717, 1.165) is 24.3 Å². The SMILES string of the molecule is CCOC(=O)C(NS(=O)(=O)c1ccc(F)cc1)C1(N=O)CC[N+](C)(S)CC1. The van der Waals surface area contributed by atoms with Crippen LogP contribution in [0.5, 0.6) is 0 Å². The largest absolute Gasteiger partial charge is 0.465 e. The second kappa shape index (κ2) is 8.21. The number of thiol groups is 1. The Kier molecular flexibility index (Phi) is 6.61. The number of carbonyl (C=O) groups excluding carboxylic acids is 1. The van der Waals surface area contributed by atoms with Gasteiger partial charge in [0.25, 0.3) is 0 Å². The van der Waals surface area contributed by atoms with E-state index in [1.54, 1.807) is 6.92 Å². The fourth-order valence-corrected chi connectivity index (χ4v) is 4.43. The van der Waals surface area contributed by atoms with Crippen LogP contribution in [-0.4, -0.2) is 56.6 Å². The molecule has 1 fully saturated rings. The summed E-state index contributed by atoms with van der Waals surface area (Å²) < 4.78 is 46.0. The first kappa shape index (κ1) is 21.7. The van der Waals surface area contributed by atoms with Crippen LogP contribution in [0.3, 0.4) is 0 Å². The minimum atomic E-state index is -4.21. The fourth-order valence-electron chi connectivity index (χ4n) is 2.98. The van der Waals surface area contributed by atoms with Crippen LogP contribution in [0, 0.1) is 10.7 Å². The van der Waals surface area contributed by atoms with Crippen LogP contribution in [0.1, 0.15) is 19.8 Å². The van der Waals surface area contributed by atoms with Crippen LogP contribution >= 0.6 is 12.8 Å². The molecule has 1 unspecified atom stereocenters. The Hall–Kier alpha value is -1.56. The average Bonchev–Trinajstić information content (AvgIpc) is 2.61. The molecule has 27 heavy (non-hydrogen) atoms. The molecule has 8 nitrogen and oxygen atoms in total. The molecular weight excluding hydrogens is 397 g/mol. The zero-order chi connectivity index (χ0) is 20.3. The predicted molar refractivity (Wildman–Crippen MR) is 99.8 cm³/mol. The summed E-state index contributed by atoms with van der Waals surface area (Å²) in [5.74, 6) is -1.47. The van der Waals surface area contributed by atoms with Gasteiger partial charge >= 0.3 is 5.97 Å². The molecule has 1 aromatic rings. The van der Waals surface area contributed by atoms with Crippen molar-refractivity contribution in [1.29, 1.82) is 0 Å². The highest BCUT2D eigenvalue weighted by Crippen LogP contribution is 2.35. The Morgan fingerprint density at radius 3 is 2.41 bits per heavy atom. The molecule has 1 heterocycles. The zero-order valence-corrected chi connectivity index (χ0v) is 16.8. The highest BCUT2D eigenvalue weighted by Gasteiger charge is 2.52. The Labute approximate surface area is 163 Å². The van der Waals surface area contributed by atoms with Gasteiger partial charge in [-0.05, 0) is 31.2 Å². The number of nitrogens with zero attached hydrogens (tertiary/aromatic N) is 2. The maximum Gasteiger partial charge on any atom is 0.326 e. The van der Waals surface area contributed by atoms with Crippen LogP contribution < -0.4 is 4.72 Å². The van der Waals surface area contributed by atoms with Crippen molar-refractivity contribution in [3.05, 3.63) is 35.0 Å². The topological polar surface area (TPSA) is 102 Å². The molecule has 1 aromatic carbocycles. The van der Waals surface area contributed by atoms with Gasteiger partial charge in [-0.1, -0.05) is 5.18 Å². The molecule has 2 rings (SSSR count). The Balaban J connectivity index is 2.38. The van der Waals surface area contributed by atoms with Gasteiger partial charge in [-0.15, -0.1) is 0 Å². The molecule has 11 heteroatoms. The molecule has 0 bridgehead atoms. The van der Waals surface area contributed by atoms with Gasteiger partial charge in [0, 0.05) is 12.8 Å². The lowest BCUT2D eigenvalue weighted by molar-refractivity contribution is -0.778. The number of hydrogen-bond donors (Lipinski definition) is 2. The van der Waals surface area contributed by atoms with E-state index < -0.39 is 33.4 Å². The first-order valence-corrected chi connectivity index (χ1v) is 10.3. The van der Waals surface area contributed by atoms with Crippen LogP contribution in [0.4, 0.5) is 4.39 Å². The maximum atomic E-state index is 13.1. The normalized spacial score (nSPS) is 27.0. The number of ether oxygens (including phenoxy) is 1. The first-order valence-electron chi connectivity index (χ1n) is 8.41. The first-order chi connectivity index (χ1) is 12.6. The number of quaternary nitrogens is 1. The van der Waals surface area contributed by atoms with Crippen molar-refractivity contribution in [3.8, 4) is 0 Å². The average molecular weight is 421 g/mol. The number of hydrogen-bond acceptors (Lipinski definition) is 7. The smallest absolute Gasteiger partial charge is 0.326 e. The Bertz CT molecular complexity index is 789. The van der Waals surface area contributed by atoms with E-state index in [9.17, 15) is 22.5 Å². The van der Waals surface area contributed by atoms with Crippen LogP contribution in [0.25, 0.3) is 0 Å². The van der Waals surface area contributed by atoms with Crippen molar-refractivity contribution in [2.45, 2.75) is 36.2 Å². The van der Waals surface area contributed by atoms with E-state index in [4.69, 9.17) is 4.74 Å². The van der Waals surface area contributed by atoms with E-state index in [1.807, 2.05) is 7.05 Å². The summed E-state index contributed by atoms with van der Waals surface area (Å²) in [5, 5.41) is 3.16. The predicted octanol–water partition coefficient (Wildman–Crippen LogP) is 1.63. The molecule has 0 saturated carbocycles. The van der Waals surface area contributed by atoms with Crippen molar-refractivity contribution in [2.75, 3.05) is 26.7 Å². The number of nitrogens with one attached hydrogen (secondary N) is 1. The molecule has 1 aliphatic rings. The second-order valence-electron chi connectivity index (χ2n) is 6.74. The molecule has 150 valence electrons. The lowest BCUT2D eigenvalue weighted by Crippen LogP contribution is -2.61. The monoisotopic (exact) mass is 420 g/mol. The Morgan fingerprint density at radius 1 is 1.37 bits per heavy atom. The van der Waals surface area contributed by atoms with Gasteiger partial charge in [0.2, 0.25) is 10.0 Å². The number of halogens is 1. The number of rotatable bonds is 7. The van der Waals surface area contributed by atoms with E-state index in [-0.39, 0.29) is 24.3 Å². The minimum absolute atomic E-state index is 0.0168. The lowest BCUT2D eigenvalue weighted by atomic mass is 9.82. The second-order valence-corrected chi connectivity index (χ2v) is 9.42. The highest BCUT2D eigenvalue weighted by molar-refractivity contribution is 7.89. The molecular formula is C16H23FN3O5S2+. The number of esters is 1. The van der Waals surface area contributed by atoms with E-state index in [2.05, 4.69) is 22.7 Å². The molecule has 0 amide bonds. The standard InChI is InChI=1S/C16H23FN3O5S2/c1-3-25-15(21)14(16(19-22)8-10-20(2,26)11-9-16)18-27(23,24)13-6-4-12(17)5-7-13/h4-7,14,18,26H,3,8-11H2,1-2H3/q+1. The van der Waals surface area contributed by atoms with Crippen molar-refractivity contribution in [3.63, 3.8) is 0 Å². The molecule has 1 atom stereocenters. The number of piperidine rings is 1. The molecule has 1 saturated heterocycles. The van der Waals surface area contributed by atoms with Gasteiger partial charge < -0.3 is 4.74 Å². The van der Waals surface area contributed by atoms with Gasteiger partial charge in [-0.25, -0.2) is 12.8 Å². The molecule has 0 radical (unpaired) electrons. The van der Waals surface area contributed by atoms with Crippen molar-refractivity contribution in [2.24, 2.45) is 5.18 Å². The van der Waals surface area contributed by atoms with E-state index in [1.165, 1.54) is 0 Å².